The van der Waals surface area contributed by atoms with Gasteiger partial charge in [0.05, 0.1) is 6.10 Å². The number of benzene rings is 1. The second-order valence-corrected chi connectivity index (χ2v) is 5.30. The lowest BCUT2D eigenvalue weighted by Gasteiger charge is -2.29. The molecule has 2 rings (SSSR count). The Morgan fingerprint density at radius 3 is 2.33 bits per heavy atom. The summed E-state index contributed by atoms with van der Waals surface area (Å²) < 4.78 is 5.40. The Morgan fingerprint density at radius 2 is 1.78 bits per heavy atom. The highest BCUT2D eigenvalue weighted by atomic mass is 16.5. The Kier molecular flexibility index (Phi) is 5.06. The second-order valence-electron chi connectivity index (χ2n) is 5.30. The van der Waals surface area contributed by atoms with Gasteiger partial charge in [-0.2, -0.15) is 0 Å². The first-order valence-electron chi connectivity index (χ1n) is 7.20. The first kappa shape index (κ1) is 13.4. The van der Waals surface area contributed by atoms with Crippen LogP contribution < -0.4 is 5.32 Å². The van der Waals surface area contributed by atoms with Crippen LogP contribution in [-0.4, -0.2) is 19.3 Å². The fraction of sp³-hybridized carbons (Fsp3) is 0.625. The molecule has 100 valence electrons. The molecule has 18 heavy (non-hydrogen) atoms. The number of aryl methyl sites for hydroxylation is 1. The zero-order valence-electron chi connectivity index (χ0n) is 11.6. The zero-order valence-corrected chi connectivity index (χ0v) is 11.6. The highest BCUT2D eigenvalue weighted by molar-refractivity contribution is 5.45. The Hall–Kier alpha value is -1.02. The van der Waals surface area contributed by atoms with Crippen molar-refractivity contribution in [3.05, 3.63) is 29.8 Å². The van der Waals surface area contributed by atoms with Crippen LogP contribution in [0.2, 0.25) is 0 Å². The molecule has 0 heterocycles. The predicted octanol–water partition coefficient (Wildman–Crippen LogP) is 4.01. The number of hydrogen-bond donors (Lipinski definition) is 1. The molecule has 0 saturated heterocycles. The number of hydrogen-bond acceptors (Lipinski definition) is 2. The molecule has 0 aliphatic heterocycles. The number of rotatable bonds is 5. The molecule has 2 nitrogen and oxygen atoms in total. The van der Waals surface area contributed by atoms with Crippen molar-refractivity contribution in [1.82, 2.24) is 0 Å². The summed E-state index contributed by atoms with van der Waals surface area (Å²) in [5.41, 5.74) is 2.70. The van der Waals surface area contributed by atoms with Gasteiger partial charge in [-0.1, -0.05) is 25.5 Å². The van der Waals surface area contributed by atoms with Crippen LogP contribution in [0.5, 0.6) is 0 Å². The summed E-state index contributed by atoms with van der Waals surface area (Å²) in [4.78, 5) is 0. The van der Waals surface area contributed by atoms with Crippen molar-refractivity contribution >= 4 is 5.69 Å². The minimum Gasteiger partial charge on any atom is -0.382 e. The molecule has 0 spiro atoms. The molecule has 0 unspecified atom stereocenters. The maximum absolute atomic E-state index is 5.40. The third-order valence-corrected chi connectivity index (χ3v) is 3.87. The normalized spacial score (nSPS) is 23.9. The molecule has 0 atom stereocenters. The van der Waals surface area contributed by atoms with Gasteiger partial charge in [0, 0.05) is 18.8 Å². The van der Waals surface area contributed by atoms with Gasteiger partial charge in [0.1, 0.15) is 0 Å². The van der Waals surface area contributed by atoms with Crippen molar-refractivity contribution in [2.45, 2.75) is 57.6 Å². The van der Waals surface area contributed by atoms with Crippen LogP contribution in [0, 0.1) is 0 Å². The summed E-state index contributed by atoms with van der Waals surface area (Å²) in [7, 11) is 1.82. The molecule has 2 heteroatoms. The lowest BCUT2D eigenvalue weighted by Crippen LogP contribution is -2.29. The molecule has 0 amide bonds. The fourth-order valence-corrected chi connectivity index (χ4v) is 2.73. The number of anilines is 1. The van der Waals surface area contributed by atoms with Gasteiger partial charge in [0.2, 0.25) is 0 Å². The number of nitrogens with one attached hydrogen (secondary N) is 1. The third-order valence-electron chi connectivity index (χ3n) is 3.87. The van der Waals surface area contributed by atoms with E-state index in [4.69, 9.17) is 4.74 Å². The van der Waals surface area contributed by atoms with Crippen LogP contribution >= 0.6 is 0 Å². The van der Waals surface area contributed by atoms with Gasteiger partial charge in [-0.3, -0.25) is 0 Å². The van der Waals surface area contributed by atoms with Crippen molar-refractivity contribution < 1.29 is 4.74 Å². The van der Waals surface area contributed by atoms with Gasteiger partial charge >= 0.3 is 0 Å². The summed E-state index contributed by atoms with van der Waals surface area (Å²) in [6.07, 6.45) is 7.68. The van der Waals surface area contributed by atoms with Gasteiger partial charge in [-0.15, -0.1) is 0 Å². The van der Waals surface area contributed by atoms with E-state index in [-0.39, 0.29) is 0 Å². The van der Waals surface area contributed by atoms with Crippen LogP contribution in [0.4, 0.5) is 5.69 Å². The van der Waals surface area contributed by atoms with E-state index in [0.717, 1.165) is 0 Å². The molecule has 1 aliphatic carbocycles. The molecular formula is C16H25NO. The molecule has 1 fully saturated rings. The van der Waals surface area contributed by atoms with Crippen LogP contribution in [-0.2, 0) is 11.2 Å². The minimum atomic E-state index is 0.481. The van der Waals surface area contributed by atoms with Crippen LogP contribution in [0.1, 0.15) is 44.6 Å². The first-order valence-corrected chi connectivity index (χ1v) is 7.20. The van der Waals surface area contributed by atoms with Crippen molar-refractivity contribution in [2.24, 2.45) is 0 Å². The number of methoxy groups -OCH3 is 1. The summed E-state index contributed by atoms with van der Waals surface area (Å²) in [5, 5.41) is 3.64. The zero-order chi connectivity index (χ0) is 12.8. The van der Waals surface area contributed by atoms with E-state index >= 15 is 0 Å². The average molecular weight is 247 g/mol. The highest BCUT2D eigenvalue weighted by Gasteiger charge is 2.20. The van der Waals surface area contributed by atoms with Gasteiger partial charge in [-0.25, -0.2) is 0 Å². The first-order chi connectivity index (χ1) is 8.81. The Balaban J connectivity index is 1.82. The summed E-state index contributed by atoms with van der Waals surface area (Å²) >= 11 is 0. The number of ether oxygens (including phenoxy) is 1. The summed E-state index contributed by atoms with van der Waals surface area (Å²) in [6, 6.07) is 9.54. The molecule has 1 aliphatic rings. The minimum absolute atomic E-state index is 0.481. The van der Waals surface area contributed by atoms with E-state index in [1.54, 1.807) is 0 Å². The van der Waals surface area contributed by atoms with E-state index in [1.807, 2.05) is 7.11 Å². The molecule has 1 aromatic rings. The predicted molar refractivity (Wildman–Crippen MR) is 77.1 cm³/mol. The summed E-state index contributed by atoms with van der Waals surface area (Å²) in [6.45, 7) is 2.22. The maximum atomic E-state index is 5.40. The van der Waals surface area contributed by atoms with E-state index in [0.29, 0.717) is 12.1 Å². The van der Waals surface area contributed by atoms with Crippen LogP contribution in [0.25, 0.3) is 0 Å². The molecular weight excluding hydrogens is 222 g/mol. The van der Waals surface area contributed by atoms with E-state index in [2.05, 4.69) is 36.5 Å². The van der Waals surface area contributed by atoms with E-state index in [9.17, 15) is 0 Å². The van der Waals surface area contributed by atoms with Gasteiger partial charge in [0.15, 0.2) is 0 Å². The Morgan fingerprint density at radius 1 is 1.11 bits per heavy atom. The smallest absolute Gasteiger partial charge is 0.0572 e. The van der Waals surface area contributed by atoms with Crippen molar-refractivity contribution in [1.29, 1.82) is 0 Å². The van der Waals surface area contributed by atoms with E-state index in [1.165, 1.54) is 49.8 Å². The Labute approximate surface area is 111 Å². The average Bonchev–Trinajstić information content (AvgIpc) is 2.42. The lowest BCUT2D eigenvalue weighted by atomic mass is 9.93. The highest BCUT2D eigenvalue weighted by Crippen LogP contribution is 2.24. The molecule has 0 bridgehead atoms. The van der Waals surface area contributed by atoms with Crippen LogP contribution in [0.3, 0.4) is 0 Å². The molecule has 0 aromatic heterocycles. The van der Waals surface area contributed by atoms with Crippen molar-refractivity contribution in [3.63, 3.8) is 0 Å². The molecule has 1 aromatic carbocycles. The summed E-state index contributed by atoms with van der Waals surface area (Å²) in [5.74, 6) is 0. The second kappa shape index (κ2) is 6.79. The molecule has 1 N–H and O–H groups in total. The van der Waals surface area contributed by atoms with Crippen LogP contribution in [0.15, 0.2) is 24.3 Å². The van der Waals surface area contributed by atoms with Gasteiger partial charge in [0.25, 0.3) is 0 Å². The molecule has 1 saturated carbocycles. The lowest BCUT2D eigenvalue weighted by molar-refractivity contribution is 0.0682. The maximum Gasteiger partial charge on any atom is 0.0572 e. The monoisotopic (exact) mass is 247 g/mol. The van der Waals surface area contributed by atoms with E-state index < -0.39 is 0 Å². The largest absolute Gasteiger partial charge is 0.382 e. The standard InChI is InChI=1S/C16H25NO/c1-3-4-13-5-7-14(8-6-13)17-15-9-11-16(18-2)12-10-15/h5-8,15-17H,3-4,9-12H2,1-2H3. The van der Waals surface area contributed by atoms with Crippen molar-refractivity contribution in [3.8, 4) is 0 Å². The van der Waals surface area contributed by atoms with Gasteiger partial charge < -0.3 is 10.1 Å². The van der Waals surface area contributed by atoms with Crippen molar-refractivity contribution in [2.75, 3.05) is 12.4 Å². The van der Waals surface area contributed by atoms with Gasteiger partial charge in [-0.05, 0) is 49.8 Å². The Bertz CT molecular complexity index is 339. The fourth-order valence-electron chi connectivity index (χ4n) is 2.73. The SMILES string of the molecule is CCCc1ccc(NC2CCC(OC)CC2)cc1. The topological polar surface area (TPSA) is 21.3 Å². The quantitative estimate of drug-likeness (QED) is 0.849. The third kappa shape index (κ3) is 3.74. The molecule has 0 radical (unpaired) electrons.